The van der Waals surface area contributed by atoms with Gasteiger partial charge in [-0.2, -0.15) is 0 Å². The van der Waals surface area contributed by atoms with Gasteiger partial charge >= 0.3 is 0 Å². The van der Waals surface area contributed by atoms with Gasteiger partial charge in [0.15, 0.2) is 0 Å². The normalized spacial score (nSPS) is 21.3. The van der Waals surface area contributed by atoms with Gasteiger partial charge in [-0.05, 0) is 29.7 Å². The Morgan fingerprint density at radius 3 is 2.79 bits per heavy atom. The van der Waals surface area contributed by atoms with Crippen LogP contribution in [-0.2, 0) is 4.74 Å². The number of fused-ring (bicyclic) bond motifs is 1. The molecule has 0 saturated heterocycles. The third-order valence-electron chi connectivity index (χ3n) is 3.57. The Hall–Kier alpha value is -1.06. The molecule has 2 atom stereocenters. The van der Waals surface area contributed by atoms with Gasteiger partial charge in [0, 0.05) is 19.2 Å². The SMILES string of the molecule is CC[C@@H]1N=Cc2cc(Cl)c(OCCOC)cc2[C@H]1C. The average molecular weight is 282 g/mol. The molecule has 0 unspecified atom stereocenters. The number of benzene rings is 1. The molecule has 0 radical (unpaired) electrons. The molecule has 0 aliphatic carbocycles. The van der Waals surface area contributed by atoms with Crippen LogP contribution in [-0.4, -0.2) is 32.6 Å². The van der Waals surface area contributed by atoms with Gasteiger partial charge in [0.2, 0.25) is 0 Å². The molecule has 1 aromatic carbocycles. The smallest absolute Gasteiger partial charge is 0.138 e. The Bertz CT molecular complexity index is 473. The van der Waals surface area contributed by atoms with Crippen molar-refractivity contribution in [1.29, 1.82) is 0 Å². The fourth-order valence-corrected chi connectivity index (χ4v) is 2.63. The average Bonchev–Trinajstić information content (AvgIpc) is 2.41. The lowest BCUT2D eigenvalue weighted by molar-refractivity contribution is 0.146. The summed E-state index contributed by atoms with van der Waals surface area (Å²) in [6.45, 7) is 5.43. The van der Waals surface area contributed by atoms with E-state index in [-0.39, 0.29) is 0 Å². The van der Waals surface area contributed by atoms with E-state index < -0.39 is 0 Å². The van der Waals surface area contributed by atoms with Gasteiger partial charge in [-0.15, -0.1) is 0 Å². The van der Waals surface area contributed by atoms with E-state index in [0.29, 0.717) is 30.2 Å². The zero-order valence-corrected chi connectivity index (χ0v) is 12.4. The minimum absolute atomic E-state index is 0.348. The van der Waals surface area contributed by atoms with Crippen molar-refractivity contribution in [3.8, 4) is 5.75 Å². The van der Waals surface area contributed by atoms with Crippen LogP contribution in [0.4, 0.5) is 0 Å². The molecule has 0 amide bonds. The summed E-state index contributed by atoms with van der Waals surface area (Å²) in [5.41, 5.74) is 2.36. The lowest BCUT2D eigenvalue weighted by atomic mass is 9.86. The van der Waals surface area contributed by atoms with Crippen LogP contribution >= 0.6 is 11.6 Å². The minimum Gasteiger partial charge on any atom is -0.490 e. The molecule has 1 aliphatic rings. The second-order valence-corrected chi connectivity index (χ2v) is 5.20. The summed E-state index contributed by atoms with van der Waals surface area (Å²) in [7, 11) is 1.65. The molecule has 0 bridgehead atoms. The van der Waals surface area contributed by atoms with E-state index in [1.165, 1.54) is 5.56 Å². The number of nitrogens with zero attached hydrogens (tertiary/aromatic N) is 1. The van der Waals surface area contributed by atoms with Gasteiger partial charge in [-0.25, -0.2) is 0 Å². The van der Waals surface area contributed by atoms with E-state index in [2.05, 4.69) is 18.8 Å². The van der Waals surface area contributed by atoms with E-state index >= 15 is 0 Å². The standard InChI is InChI=1S/C15H20ClNO2/c1-4-14-10(2)12-8-15(19-6-5-18-3)13(16)7-11(12)9-17-14/h7-10,14H,4-6H2,1-3H3/t10-,14+/m1/s1. The summed E-state index contributed by atoms with van der Waals surface area (Å²) in [4.78, 5) is 4.57. The highest BCUT2D eigenvalue weighted by Crippen LogP contribution is 2.36. The molecule has 104 valence electrons. The second-order valence-electron chi connectivity index (χ2n) is 4.80. The maximum Gasteiger partial charge on any atom is 0.138 e. The van der Waals surface area contributed by atoms with Crippen LogP contribution < -0.4 is 4.74 Å². The quantitative estimate of drug-likeness (QED) is 0.771. The van der Waals surface area contributed by atoms with Crippen molar-refractivity contribution in [3.05, 3.63) is 28.3 Å². The summed E-state index contributed by atoms with van der Waals surface area (Å²) in [5.74, 6) is 1.13. The molecule has 1 heterocycles. The molecular weight excluding hydrogens is 262 g/mol. The molecule has 2 rings (SSSR count). The van der Waals surface area contributed by atoms with E-state index in [1.54, 1.807) is 7.11 Å². The van der Waals surface area contributed by atoms with Crippen molar-refractivity contribution in [3.63, 3.8) is 0 Å². The topological polar surface area (TPSA) is 30.8 Å². The summed E-state index contributed by atoms with van der Waals surface area (Å²) < 4.78 is 10.6. The first kappa shape index (κ1) is 14.4. The van der Waals surface area contributed by atoms with Gasteiger partial charge in [0.1, 0.15) is 12.4 Å². The summed E-state index contributed by atoms with van der Waals surface area (Å²) in [5, 5.41) is 0.628. The Balaban J connectivity index is 2.26. The predicted octanol–water partition coefficient (Wildman–Crippen LogP) is 3.68. The first-order valence-electron chi connectivity index (χ1n) is 6.65. The number of rotatable bonds is 5. The molecule has 4 heteroatoms. The molecule has 0 spiro atoms. The molecule has 0 aromatic heterocycles. The third-order valence-corrected chi connectivity index (χ3v) is 3.87. The fraction of sp³-hybridized carbons (Fsp3) is 0.533. The number of hydrogen-bond acceptors (Lipinski definition) is 3. The highest BCUT2D eigenvalue weighted by Gasteiger charge is 2.23. The molecule has 1 aromatic rings. The number of ether oxygens (including phenoxy) is 2. The molecule has 0 fully saturated rings. The number of aliphatic imine (C=N–C) groups is 1. The fourth-order valence-electron chi connectivity index (χ4n) is 2.41. The summed E-state index contributed by atoms with van der Waals surface area (Å²) >= 11 is 6.23. The third kappa shape index (κ3) is 3.10. The van der Waals surface area contributed by atoms with Crippen LogP contribution in [0.5, 0.6) is 5.75 Å². The Morgan fingerprint density at radius 1 is 1.32 bits per heavy atom. The highest BCUT2D eigenvalue weighted by atomic mass is 35.5. The van der Waals surface area contributed by atoms with Crippen LogP contribution in [0.3, 0.4) is 0 Å². The number of methoxy groups -OCH3 is 1. The largest absolute Gasteiger partial charge is 0.490 e. The maximum atomic E-state index is 6.23. The Labute approximate surface area is 119 Å². The van der Waals surface area contributed by atoms with Gasteiger partial charge < -0.3 is 9.47 Å². The van der Waals surface area contributed by atoms with Gasteiger partial charge in [-0.3, -0.25) is 4.99 Å². The van der Waals surface area contributed by atoms with E-state index in [0.717, 1.165) is 17.7 Å². The van der Waals surface area contributed by atoms with Crippen molar-refractivity contribution in [2.24, 2.45) is 4.99 Å². The number of hydrogen-bond donors (Lipinski definition) is 0. The van der Waals surface area contributed by atoms with Crippen LogP contribution in [0.2, 0.25) is 5.02 Å². The van der Waals surface area contributed by atoms with E-state index in [9.17, 15) is 0 Å². The molecule has 0 N–H and O–H groups in total. The van der Waals surface area contributed by atoms with Crippen molar-refractivity contribution in [1.82, 2.24) is 0 Å². The molecule has 19 heavy (non-hydrogen) atoms. The van der Waals surface area contributed by atoms with Crippen molar-refractivity contribution in [2.75, 3.05) is 20.3 Å². The molecule has 1 aliphatic heterocycles. The lowest BCUT2D eigenvalue weighted by Gasteiger charge is -2.26. The van der Waals surface area contributed by atoms with Gasteiger partial charge in [0.25, 0.3) is 0 Å². The minimum atomic E-state index is 0.348. The zero-order chi connectivity index (χ0) is 13.8. The monoisotopic (exact) mass is 281 g/mol. The van der Waals surface area contributed by atoms with Gasteiger partial charge in [0.05, 0.1) is 17.7 Å². The van der Waals surface area contributed by atoms with Crippen LogP contribution in [0.15, 0.2) is 17.1 Å². The lowest BCUT2D eigenvalue weighted by Crippen LogP contribution is -2.19. The summed E-state index contributed by atoms with van der Waals surface area (Å²) in [6.07, 6.45) is 2.97. The first-order chi connectivity index (χ1) is 9.17. The van der Waals surface area contributed by atoms with Crippen LogP contribution in [0.1, 0.15) is 37.3 Å². The number of halogens is 1. The van der Waals surface area contributed by atoms with Crippen molar-refractivity contribution < 1.29 is 9.47 Å². The van der Waals surface area contributed by atoms with E-state index in [4.69, 9.17) is 21.1 Å². The predicted molar refractivity (Wildman–Crippen MR) is 78.9 cm³/mol. The Morgan fingerprint density at radius 2 is 2.11 bits per heavy atom. The molecule has 0 saturated carbocycles. The van der Waals surface area contributed by atoms with E-state index in [1.807, 2.05) is 18.3 Å². The second kappa shape index (κ2) is 6.40. The van der Waals surface area contributed by atoms with Gasteiger partial charge in [-0.1, -0.05) is 25.4 Å². The molecular formula is C15H20ClNO2. The summed E-state index contributed by atoms with van der Waals surface area (Å²) in [6, 6.07) is 4.33. The zero-order valence-electron chi connectivity index (χ0n) is 11.6. The van der Waals surface area contributed by atoms with Crippen molar-refractivity contribution in [2.45, 2.75) is 32.2 Å². The molecule has 3 nitrogen and oxygen atoms in total. The maximum absolute atomic E-state index is 6.23. The Kier molecular flexibility index (Phi) is 4.83. The first-order valence-corrected chi connectivity index (χ1v) is 7.03. The highest BCUT2D eigenvalue weighted by molar-refractivity contribution is 6.32. The van der Waals surface area contributed by atoms with Crippen molar-refractivity contribution >= 4 is 17.8 Å². The van der Waals surface area contributed by atoms with Crippen LogP contribution in [0, 0.1) is 0 Å². The van der Waals surface area contributed by atoms with Crippen LogP contribution in [0.25, 0.3) is 0 Å².